The van der Waals surface area contributed by atoms with Crippen molar-refractivity contribution in [3.8, 4) is 11.5 Å². The molecule has 1 aromatic rings. The van der Waals surface area contributed by atoms with Gasteiger partial charge in [0.2, 0.25) is 0 Å². The van der Waals surface area contributed by atoms with E-state index in [4.69, 9.17) is 15.2 Å². The van der Waals surface area contributed by atoms with Gasteiger partial charge in [0.05, 0.1) is 13.7 Å². The number of methoxy groups -OCH3 is 1. The lowest BCUT2D eigenvalue weighted by molar-refractivity contribution is -0.142. The number of hydrogen-bond donors (Lipinski definition) is 1. The normalized spacial score (nSPS) is 10.7. The highest BCUT2D eigenvalue weighted by molar-refractivity contribution is 5.89. The summed E-state index contributed by atoms with van der Waals surface area (Å²) in [5, 5.41) is 0. The summed E-state index contributed by atoms with van der Waals surface area (Å²) in [7, 11) is 1.55. The van der Waals surface area contributed by atoms with Crippen molar-refractivity contribution in [2.75, 3.05) is 20.3 Å². The molecule has 0 heterocycles. The van der Waals surface area contributed by atoms with Gasteiger partial charge in [0.25, 0.3) is 5.91 Å². The Morgan fingerprint density at radius 1 is 1.27 bits per heavy atom. The van der Waals surface area contributed by atoms with E-state index in [0.717, 1.165) is 5.56 Å². The zero-order chi connectivity index (χ0) is 16.5. The molecule has 2 N–H and O–H groups in total. The number of esters is 1. The number of primary amides is 1. The maximum absolute atomic E-state index is 11.3. The number of carbonyl (C=O) groups excluding carboxylic acids is 2. The third-order valence-corrected chi connectivity index (χ3v) is 2.53. The quantitative estimate of drug-likeness (QED) is 0.584. The summed E-state index contributed by atoms with van der Waals surface area (Å²) < 4.78 is 15.5. The Labute approximate surface area is 129 Å². The fraction of sp³-hybridized carbons (Fsp3) is 0.375. The molecule has 0 bridgehead atoms. The molecule has 0 fully saturated rings. The number of hydrogen-bond acceptors (Lipinski definition) is 5. The number of nitrogens with two attached hydrogens (primary N) is 1. The SMILES string of the molecule is COc1cc(/C=C/C(=O)OCC(N)=O)ccc1OCC(C)C. The predicted octanol–water partition coefficient (Wildman–Crippen LogP) is 1.77. The van der Waals surface area contributed by atoms with Gasteiger partial charge in [0.1, 0.15) is 0 Å². The van der Waals surface area contributed by atoms with Crippen molar-refractivity contribution >= 4 is 18.0 Å². The van der Waals surface area contributed by atoms with Crippen LogP contribution in [0.25, 0.3) is 6.08 Å². The number of carbonyl (C=O) groups is 2. The molecule has 1 aromatic carbocycles. The van der Waals surface area contributed by atoms with Gasteiger partial charge in [-0.2, -0.15) is 0 Å². The average molecular weight is 307 g/mol. The van der Waals surface area contributed by atoms with Gasteiger partial charge in [-0.05, 0) is 29.7 Å². The molecule has 0 unspecified atom stereocenters. The van der Waals surface area contributed by atoms with Crippen molar-refractivity contribution in [3.05, 3.63) is 29.8 Å². The standard InChI is InChI=1S/C16H21NO5/c1-11(2)9-21-13-6-4-12(8-14(13)20-3)5-7-16(19)22-10-15(17)18/h4-8,11H,9-10H2,1-3H3,(H2,17,18)/b7-5+. The molecular formula is C16H21NO5. The summed E-state index contributed by atoms with van der Waals surface area (Å²) in [6.45, 7) is 4.27. The molecule has 0 aliphatic heterocycles. The number of amides is 1. The Balaban J connectivity index is 2.72. The van der Waals surface area contributed by atoms with Crippen molar-refractivity contribution in [2.24, 2.45) is 11.7 Å². The van der Waals surface area contributed by atoms with Gasteiger partial charge in [-0.25, -0.2) is 4.79 Å². The van der Waals surface area contributed by atoms with Crippen LogP contribution in [0.2, 0.25) is 0 Å². The number of ether oxygens (including phenoxy) is 3. The largest absolute Gasteiger partial charge is 0.493 e. The van der Waals surface area contributed by atoms with Gasteiger partial charge in [-0.1, -0.05) is 19.9 Å². The second kappa shape index (κ2) is 8.71. The zero-order valence-electron chi connectivity index (χ0n) is 13.0. The maximum atomic E-state index is 11.3. The second-order valence-corrected chi connectivity index (χ2v) is 5.02. The van der Waals surface area contributed by atoms with Gasteiger partial charge in [-0.15, -0.1) is 0 Å². The van der Waals surface area contributed by atoms with Crippen molar-refractivity contribution in [1.29, 1.82) is 0 Å². The van der Waals surface area contributed by atoms with E-state index in [2.05, 4.69) is 18.6 Å². The van der Waals surface area contributed by atoms with Crippen LogP contribution >= 0.6 is 0 Å². The van der Waals surface area contributed by atoms with Gasteiger partial charge in [-0.3, -0.25) is 4.79 Å². The molecule has 0 spiro atoms. The zero-order valence-corrected chi connectivity index (χ0v) is 13.0. The van der Waals surface area contributed by atoms with Gasteiger partial charge in [0, 0.05) is 6.08 Å². The highest BCUT2D eigenvalue weighted by atomic mass is 16.5. The van der Waals surface area contributed by atoms with E-state index in [-0.39, 0.29) is 0 Å². The molecule has 1 rings (SSSR count). The predicted molar refractivity (Wildman–Crippen MR) is 82.5 cm³/mol. The molecule has 0 aliphatic rings. The number of benzene rings is 1. The third kappa shape index (κ3) is 6.30. The minimum atomic E-state index is -0.699. The lowest BCUT2D eigenvalue weighted by Gasteiger charge is -2.12. The molecular weight excluding hydrogens is 286 g/mol. The average Bonchev–Trinajstić information content (AvgIpc) is 2.48. The first-order valence-corrected chi connectivity index (χ1v) is 6.86. The molecule has 120 valence electrons. The van der Waals surface area contributed by atoms with Crippen molar-refractivity contribution in [1.82, 2.24) is 0 Å². The maximum Gasteiger partial charge on any atom is 0.331 e. The van der Waals surface area contributed by atoms with E-state index >= 15 is 0 Å². The van der Waals surface area contributed by atoms with E-state index in [1.807, 2.05) is 0 Å². The Morgan fingerprint density at radius 3 is 2.59 bits per heavy atom. The first-order valence-electron chi connectivity index (χ1n) is 6.86. The highest BCUT2D eigenvalue weighted by Gasteiger charge is 2.06. The minimum absolute atomic E-state index is 0.407. The smallest absolute Gasteiger partial charge is 0.331 e. The van der Waals surface area contributed by atoms with Gasteiger partial charge < -0.3 is 19.9 Å². The first kappa shape index (κ1) is 17.6. The van der Waals surface area contributed by atoms with Crippen LogP contribution < -0.4 is 15.2 Å². The molecule has 22 heavy (non-hydrogen) atoms. The fourth-order valence-corrected chi connectivity index (χ4v) is 1.52. The molecule has 0 saturated heterocycles. The molecule has 0 aromatic heterocycles. The lowest BCUT2D eigenvalue weighted by atomic mass is 10.2. The Kier molecular flexibility index (Phi) is 6.95. The summed E-state index contributed by atoms with van der Waals surface area (Å²) >= 11 is 0. The van der Waals surface area contributed by atoms with E-state index in [1.54, 1.807) is 31.4 Å². The third-order valence-electron chi connectivity index (χ3n) is 2.53. The van der Waals surface area contributed by atoms with Crippen LogP contribution in [0, 0.1) is 5.92 Å². The minimum Gasteiger partial charge on any atom is -0.493 e. The van der Waals surface area contributed by atoms with Gasteiger partial charge >= 0.3 is 5.97 Å². The monoisotopic (exact) mass is 307 g/mol. The lowest BCUT2D eigenvalue weighted by Crippen LogP contribution is -2.19. The topological polar surface area (TPSA) is 87.9 Å². The summed E-state index contributed by atoms with van der Waals surface area (Å²) in [6.07, 6.45) is 2.77. The molecule has 6 heteroatoms. The van der Waals surface area contributed by atoms with Gasteiger partial charge in [0.15, 0.2) is 18.1 Å². The Bertz CT molecular complexity index is 551. The van der Waals surface area contributed by atoms with E-state index < -0.39 is 18.5 Å². The van der Waals surface area contributed by atoms with Crippen LogP contribution in [-0.2, 0) is 14.3 Å². The van der Waals surface area contributed by atoms with E-state index in [9.17, 15) is 9.59 Å². The first-order chi connectivity index (χ1) is 10.4. The van der Waals surface area contributed by atoms with Crippen molar-refractivity contribution in [2.45, 2.75) is 13.8 Å². The molecule has 0 saturated carbocycles. The van der Waals surface area contributed by atoms with Crippen molar-refractivity contribution < 1.29 is 23.8 Å². The van der Waals surface area contributed by atoms with Crippen LogP contribution in [0.15, 0.2) is 24.3 Å². The second-order valence-electron chi connectivity index (χ2n) is 5.02. The number of rotatable bonds is 8. The Morgan fingerprint density at radius 2 is 2.00 bits per heavy atom. The molecule has 0 aliphatic carbocycles. The molecule has 0 atom stereocenters. The van der Waals surface area contributed by atoms with Crippen LogP contribution in [-0.4, -0.2) is 32.2 Å². The molecule has 0 radical (unpaired) electrons. The summed E-state index contributed by atoms with van der Waals surface area (Å²) in [5.41, 5.74) is 5.62. The fourth-order valence-electron chi connectivity index (χ4n) is 1.52. The van der Waals surface area contributed by atoms with Crippen molar-refractivity contribution in [3.63, 3.8) is 0 Å². The Hall–Kier alpha value is -2.50. The van der Waals surface area contributed by atoms with Crippen LogP contribution in [0.5, 0.6) is 11.5 Å². The van der Waals surface area contributed by atoms with E-state index in [0.29, 0.717) is 24.0 Å². The summed E-state index contributed by atoms with van der Waals surface area (Å²) in [4.78, 5) is 21.8. The molecule has 6 nitrogen and oxygen atoms in total. The molecule has 1 amide bonds. The summed E-state index contributed by atoms with van der Waals surface area (Å²) in [5.74, 6) is 0.287. The summed E-state index contributed by atoms with van der Waals surface area (Å²) in [6, 6.07) is 5.30. The van der Waals surface area contributed by atoms with Crippen LogP contribution in [0.4, 0.5) is 0 Å². The van der Waals surface area contributed by atoms with Crippen LogP contribution in [0.1, 0.15) is 19.4 Å². The van der Waals surface area contributed by atoms with Crippen LogP contribution in [0.3, 0.4) is 0 Å². The highest BCUT2D eigenvalue weighted by Crippen LogP contribution is 2.28. The van der Waals surface area contributed by atoms with E-state index in [1.165, 1.54) is 6.08 Å².